The van der Waals surface area contributed by atoms with Crippen LogP contribution in [0, 0.1) is 17.7 Å². The van der Waals surface area contributed by atoms with E-state index in [1.54, 1.807) is 32.9 Å². The lowest BCUT2D eigenvalue weighted by atomic mass is 9.78. The van der Waals surface area contributed by atoms with E-state index in [9.17, 15) is 18.8 Å². The number of benzene rings is 1. The average Bonchev–Trinajstić information content (AvgIpc) is 3.11. The second-order valence-corrected chi connectivity index (χ2v) is 6.64. The van der Waals surface area contributed by atoms with E-state index in [0.717, 1.165) is 0 Å². The molecule has 1 N–H and O–H groups in total. The zero-order chi connectivity index (χ0) is 19.1. The summed E-state index contributed by atoms with van der Waals surface area (Å²) in [6.45, 7) is 5.66. The number of hydrogen-bond donors (Lipinski definition) is 1. The van der Waals surface area contributed by atoms with Crippen LogP contribution >= 0.6 is 0 Å². The molecule has 0 aromatic heterocycles. The molecule has 2 fully saturated rings. The Morgan fingerprint density at radius 1 is 1.19 bits per heavy atom. The Balaban J connectivity index is 2.11. The van der Waals surface area contributed by atoms with Crippen LogP contribution in [-0.2, 0) is 19.1 Å². The van der Waals surface area contributed by atoms with Gasteiger partial charge in [0.15, 0.2) is 0 Å². The van der Waals surface area contributed by atoms with Crippen molar-refractivity contribution in [2.45, 2.75) is 38.8 Å². The molecule has 0 bridgehead atoms. The third kappa shape index (κ3) is 2.53. The number of nitrogens with one attached hydrogen (secondary N) is 1. The molecule has 26 heavy (non-hydrogen) atoms. The molecule has 2 saturated heterocycles. The Labute approximate surface area is 151 Å². The fraction of sp³-hybridized carbons (Fsp3) is 0.526. The van der Waals surface area contributed by atoms with Crippen molar-refractivity contribution in [3.05, 3.63) is 35.6 Å². The number of fused-ring (bicyclic) bond motifs is 1. The van der Waals surface area contributed by atoms with Crippen molar-refractivity contribution in [1.82, 2.24) is 10.2 Å². The predicted molar refractivity (Wildman–Crippen MR) is 91.3 cm³/mol. The van der Waals surface area contributed by atoms with Crippen LogP contribution in [0.1, 0.15) is 38.8 Å². The highest BCUT2D eigenvalue weighted by Crippen LogP contribution is 2.50. The van der Waals surface area contributed by atoms with Gasteiger partial charge in [-0.2, -0.15) is 0 Å². The van der Waals surface area contributed by atoms with Gasteiger partial charge in [0.05, 0.1) is 18.4 Å². The van der Waals surface area contributed by atoms with E-state index in [0.29, 0.717) is 12.0 Å². The van der Waals surface area contributed by atoms with E-state index in [1.165, 1.54) is 17.0 Å². The maximum Gasteiger partial charge on any atom is 0.327 e. The van der Waals surface area contributed by atoms with Crippen LogP contribution in [-0.4, -0.2) is 41.4 Å². The highest BCUT2D eigenvalue weighted by molar-refractivity contribution is 6.09. The van der Waals surface area contributed by atoms with Crippen molar-refractivity contribution in [2.24, 2.45) is 11.8 Å². The number of ether oxygens (including phenoxy) is 1. The summed E-state index contributed by atoms with van der Waals surface area (Å²) in [6.07, 6.45) is 0.307. The van der Waals surface area contributed by atoms with Crippen molar-refractivity contribution in [1.29, 1.82) is 0 Å². The van der Waals surface area contributed by atoms with Gasteiger partial charge in [-0.1, -0.05) is 19.1 Å². The van der Waals surface area contributed by atoms with Gasteiger partial charge in [0, 0.05) is 12.6 Å². The molecule has 4 atom stereocenters. The number of rotatable bonds is 5. The largest absolute Gasteiger partial charge is 0.465 e. The summed E-state index contributed by atoms with van der Waals surface area (Å²) in [5, 5.41) is 3.22. The van der Waals surface area contributed by atoms with E-state index in [1.807, 2.05) is 0 Å². The second-order valence-electron chi connectivity index (χ2n) is 6.64. The molecule has 6 nitrogen and oxygen atoms in total. The summed E-state index contributed by atoms with van der Waals surface area (Å²) in [4.78, 5) is 39.8. The highest BCUT2D eigenvalue weighted by atomic mass is 19.1. The van der Waals surface area contributed by atoms with E-state index in [4.69, 9.17) is 4.74 Å². The van der Waals surface area contributed by atoms with Gasteiger partial charge < -0.3 is 4.74 Å². The zero-order valence-corrected chi connectivity index (χ0v) is 15.1. The van der Waals surface area contributed by atoms with E-state index >= 15 is 0 Å². The number of carbonyl (C=O) groups is 3. The van der Waals surface area contributed by atoms with Crippen molar-refractivity contribution < 1.29 is 23.5 Å². The first-order valence-corrected chi connectivity index (χ1v) is 8.96. The summed E-state index contributed by atoms with van der Waals surface area (Å²) in [5.41, 5.74) is -0.601. The van der Waals surface area contributed by atoms with Crippen LogP contribution in [0.2, 0.25) is 0 Å². The number of hydrogen-bond acceptors (Lipinski definition) is 5. The molecule has 1 aromatic carbocycles. The Morgan fingerprint density at radius 2 is 1.85 bits per heavy atom. The third-order valence-corrected chi connectivity index (χ3v) is 5.49. The van der Waals surface area contributed by atoms with Crippen LogP contribution in [0.15, 0.2) is 24.3 Å². The Kier molecular flexibility index (Phi) is 4.84. The topological polar surface area (TPSA) is 75.7 Å². The number of likely N-dealkylation sites (tertiary alicyclic amines) is 1. The SMILES string of the molecule is CCOC(=O)[C@@]1(CC)N[C@@H](c2ccc(F)cc2)[C@H]2C(=O)N(CC)C(=O)[C@H]21. The molecule has 1 aromatic rings. The van der Waals surface area contributed by atoms with Gasteiger partial charge in [-0.05, 0) is 38.0 Å². The lowest BCUT2D eigenvalue weighted by Crippen LogP contribution is -2.56. The third-order valence-electron chi connectivity index (χ3n) is 5.49. The quantitative estimate of drug-likeness (QED) is 0.639. The molecule has 140 valence electrons. The van der Waals surface area contributed by atoms with Crippen LogP contribution in [0.5, 0.6) is 0 Å². The second kappa shape index (κ2) is 6.79. The van der Waals surface area contributed by atoms with Gasteiger partial charge in [0.2, 0.25) is 11.8 Å². The Hall–Kier alpha value is -2.28. The van der Waals surface area contributed by atoms with Crippen LogP contribution in [0.3, 0.4) is 0 Å². The van der Waals surface area contributed by atoms with Gasteiger partial charge in [0.1, 0.15) is 11.4 Å². The molecule has 2 aliphatic heterocycles. The summed E-state index contributed by atoms with van der Waals surface area (Å²) < 4.78 is 18.6. The number of carbonyl (C=O) groups excluding carboxylic acids is 3. The number of halogens is 1. The lowest BCUT2D eigenvalue weighted by Gasteiger charge is -2.31. The Morgan fingerprint density at radius 3 is 2.38 bits per heavy atom. The fourth-order valence-electron chi connectivity index (χ4n) is 4.25. The number of esters is 1. The van der Waals surface area contributed by atoms with Crippen LogP contribution < -0.4 is 5.32 Å². The minimum atomic E-state index is -1.27. The molecule has 2 heterocycles. The predicted octanol–water partition coefficient (Wildman–Crippen LogP) is 1.80. The van der Waals surface area contributed by atoms with Gasteiger partial charge in [-0.15, -0.1) is 0 Å². The minimum Gasteiger partial charge on any atom is -0.465 e. The molecule has 2 amide bonds. The zero-order valence-electron chi connectivity index (χ0n) is 15.1. The summed E-state index contributed by atoms with van der Waals surface area (Å²) in [5.74, 6) is -3.11. The summed E-state index contributed by atoms with van der Waals surface area (Å²) in [7, 11) is 0. The van der Waals surface area contributed by atoms with Crippen molar-refractivity contribution in [3.63, 3.8) is 0 Å². The van der Waals surface area contributed by atoms with E-state index in [2.05, 4.69) is 5.32 Å². The van der Waals surface area contributed by atoms with E-state index in [-0.39, 0.29) is 30.8 Å². The molecular weight excluding hydrogens is 339 g/mol. The lowest BCUT2D eigenvalue weighted by molar-refractivity contribution is -0.156. The highest BCUT2D eigenvalue weighted by Gasteiger charge is 2.67. The normalized spacial score (nSPS) is 30.6. The molecule has 7 heteroatoms. The molecule has 0 saturated carbocycles. The number of imide groups is 1. The fourth-order valence-corrected chi connectivity index (χ4v) is 4.25. The summed E-state index contributed by atoms with van der Waals surface area (Å²) in [6, 6.07) is 5.21. The van der Waals surface area contributed by atoms with Gasteiger partial charge >= 0.3 is 5.97 Å². The molecule has 0 unspecified atom stereocenters. The first-order chi connectivity index (χ1) is 12.4. The molecule has 3 rings (SSSR count). The first kappa shape index (κ1) is 18.5. The standard InChI is InChI=1S/C19H23FN2O4/c1-4-19(18(25)26-6-3)14-13(16(23)22(5-2)17(14)24)15(21-19)11-7-9-12(20)10-8-11/h7-10,13-15,21H,4-6H2,1-3H3/t13-,14-,15-,19-/m0/s1. The molecular formula is C19H23FN2O4. The monoisotopic (exact) mass is 362 g/mol. The average molecular weight is 362 g/mol. The molecule has 0 spiro atoms. The summed E-state index contributed by atoms with van der Waals surface area (Å²) >= 11 is 0. The molecule has 2 aliphatic rings. The van der Waals surface area contributed by atoms with Gasteiger partial charge in [-0.25, -0.2) is 4.39 Å². The number of nitrogens with zero attached hydrogens (tertiary/aromatic N) is 1. The maximum atomic E-state index is 13.3. The van der Waals surface area contributed by atoms with Gasteiger partial charge in [0.25, 0.3) is 0 Å². The van der Waals surface area contributed by atoms with Crippen LogP contribution in [0.4, 0.5) is 4.39 Å². The first-order valence-electron chi connectivity index (χ1n) is 8.96. The van der Waals surface area contributed by atoms with Crippen molar-refractivity contribution in [2.75, 3.05) is 13.2 Å². The Bertz CT molecular complexity index is 736. The van der Waals surface area contributed by atoms with E-state index < -0.39 is 29.4 Å². The molecule has 0 aliphatic carbocycles. The van der Waals surface area contributed by atoms with Crippen molar-refractivity contribution in [3.8, 4) is 0 Å². The van der Waals surface area contributed by atoms with Gasteiger partial charge in [-0.3, -0.25) is 24.6 Å². The van der Waals surface area contributed by atoms with Crippen molar-refractivity contribution >= 4 is 17.8 Å². The van der Waals surface area contributed by atoms with Crippen LogP contribution in [0.25, 0.3) is 0 Å². The minimum absolute atomic E-state index is 0.181. The maximum absolute atomic E-state index is 13.3. The number of amides is 2. The molecule has 0 radical (unpaired) electrons. The smallest absolute Gasteiger partial charge is 0.327 e.